The van der Waals surface area contributed by atoms with Crippen molar-refractivity contribution in [2.24, 2.45) is 7.05 Å². The van der Waals surface area contributed by atoms with Crippen molar-refractivity contribution in [2.45, 2.75) is 39.2 Å². The van der Waals surface area contributed by atoms with Gasteiger partial charge in [0, 0.05) is 37.3 Å². The van der Waals surface area contributed by atoms with Gasteiger partial charge in [0.1, 0.15) is 17.0 Å². The minimum Gasteiger partial charge on any atom is -0.339 e. The van der Waals surface area contributed by atoms with E-state index in [0.29, 0.717) is 37.2 Å². The Kier molecular flexibility index (Phi) is 5.78. The molecule has 2 fully saturated rings. The number of nitrogens with one attached hydrogen (secondary N) is 1. The van der Waals surface area contributed by atoms with E-state index in [1.807, 2.05) is 0 Å². The van der Waals surface area contributed by atoms with Gasteiger partial charge in [-0.25, -0.2) is 9.18 Å². The van der Waals surface area contributed by atoms with Crippen LogP contribution in [0.3, 0.4) is 0 Å². The number of aromatic nitrogens is 3. The normalized spacial score (nSPS) is 14.9. The Bertz CT molecular complexity index is 1860. The zero-order valence-corrected chi connectivity index (χ0v) is 22.0. The van der Waals surface area contributed by atoms with Crippen LogP contribution in [0.2, 0.25) is 0 Å². The van der Waals surface area contributed by atoms with Crippen molar-refractivity contribution in [1.82, 2.24) is 18.6 Å². The number of carbonyl (C=O) groups is 1. The molecule has 0 atom stereocenters. The molecule has 39 heavy (non-hydrogen) atoms. The van der Waals surface area contributed by atoms with Crippen LogP contribution in [0.1, 0.15) is 46.8 Å². The zero-order valence-electron chi connectivity index (χ0n) is 22.0. The summed E-state index contributed by atoms with van der Waals surface area (Å²) in [7, 11) is 1.51. The van der Waals surface area contributed by atoms with Gasteiger partial charge in [0.25, 0.3) is 17.0 Å². The number of anilines is 2. The maximum Gasteiger partial charge on any atom is 0.336 e. The summed E-state index contributed by atoms with van der Waals surface area (Å²) in [4.78, 5) is 56.0. The topological polar surface area (TPSA) is 98.3 Å². The molecule has 1 N–H and O–H groups in total. The van der Waals surface area contributed by atoms with E-state index in [2.05, 4.69) is 5.32 Å². The molecule has 2 aromatic carbocycles. The minimum absolute atomic E-state index is 0.0873. The molecule has 1 saturated carbocycles. The van der Waals surface area contributed by atoms with Gasteiger partial charge in [0.05, 0.1) is 16.9 Å². The molecule has 1 aliphatic heterocycles. The number of hydrogen-bond acceptors (Lipinski definition) is 5. The van der Waals surface area contributed by atoms with Gasteiger partial charge in [-0.15, -0.1) is 0 Å². The highest BCUT2D eigenvalue weighted by Crippen LogP contribution is 2.34. The number of benzene rings is 2. The van der Waals surface area contributed by atoms with Crippen LogP contribution >= 0.6 is 0 Å². The van der Waals surface area contributed by atoms with Gasteiger partial charge in [-0.1, -0.05) is 12.1 Å². The first kappa shape index (κ1) is 24.8. The highest BCUT2D eigenvalue weighted by molar-refractivity contribution is 5.96. The van der Waals surface area contributed by atoms with E-state index in [4.69, 9.17) is 0 Å². The number of likely N-dealkylation sites (tertiary alicyclic amines) is 1. The van der Waals surface area contributed by atoms with Crippen LogP contribution in [0.25, 0.3) is 16.6 Å². The molecule has 4 aromatic rings. The van der Waals surface area contributed by atoms with Gasteiger partial charge in [0.2, 0.25) is 0 Å². The van der Waals surface area contributed by atoms with Crippen molar-refractivity contribution in [3.8, 4) is 5.69 Å². The van der Waals surface area contributed by atoms with Crippen molar-refractivity contribution in [3.05, 3.63) is 96.2 Å². The molecule has 200 valence electrons. The number of amides is 1. The number of rotatable bonds is 5. The Morgan fingerprint density at radius 1 is 1.00 bits per heavy atom. The molecule has 3 heterocycles. The number of pyridine rings is 1. The van der Waals surface area contributed by atoms with Crippen molar-refractivity contribution in [2.75, 3.05) is 18.4 Å². The molecule has 2 aliphatic rings. The first-order chi connectivity index (χ1) is 18.7. The molecular weight excluding hydrogens is 501 g/mol. The first-order valence-electron chi connectivity index (χ1n) is 13.0. The summed E-state index contributed by atoms with van der Waals surface area (Å²) in [6.07, 6.45) is 2.30. The predicted molar refractivity (Wildman–Crippen MR) is 147 cm³/mol. The Balaban J connectivity index is 1.68. The van der Waals surface area contributed by atoms with E-state index in [9.17, 15) is 23.6 Å². The molecule has 1 amide bonds. The number of carbonyl (C=O) groups excluding carboxylic acids is 1. The quantitative estimate of drug-likeness (QED) is 0.427. The molecule has 10 heteroatoms. The predicted octanol–water partition coefficient (Wildman–Crippen LogP) is 3.53. The van der Waals surface area contributed by atoms with Crippen molar-refractivity contribution in [3.63, 3.8) is 0 Å². The van der Waals surface area contributed by atoms with Crippen molar-refractivity contribution < 1.29 is 9.18 Å². The van der Waals surface area contributed by atoms with Crippen LogP contribution in [0.15, 0.2) is 56.8 Å². The molecule has 0 unspecified atom stereocenters. The van der Waals surface area contributed by atoms with E-state index < -0.39 is 22.6 Å². The standard InChI is InChI=1S/C29H28FN5O4/c1-16-8-11-22(21(30)14-16)31-25-23-24(17(2)26(36)32(25)3)34(29(39)35(28(23)38)19-9-10-19)20-7-4-6-18(15-20)27(37)33-12-5-13-33/h4,6-8,11,14-15,19,31H,5,9-10,12-13H2,1-3H3. The van der Waals surface area contributed by atoms with Crippen LogP contribution in [0, 0.1) is 19.7 Å². The highest BCUT2D eigenvalue weighted by Gasteiger charge is 2.32. The molecule has 0 radical (unpaired) electrons. The van der Waals surface area contributed by atoms with Gasteiger partial charge in [-0.05, 0) is 69.0 Å². The summed E-state index contributed by atoms with van der Waals surface area (Å²) in [5.74, 6) is -0.589. The smallest absolute Gasteiger partial charge is 0.336 e. The largest absolute Gasteiger partial charge is 0.339 e. The SMILES string of the molecule is Cc1ccc(Nc2c3c(=O)n(C4CC4)c(=O)n(-c4cccc(C(=O)N5CCC5)c4)c3c(C)c(=O)n2C)c(F)c1. The second kappa shape index (κ2) is 9.07. The monoisotopic (exact) mass is 529 g/mol. The molecule has 1 aliphatic carbocycles. The Morgan fingerprint density at radius 2 is 1.74 bits per heavy atom. The first-order valence-corrected chi connectivity index (χ1v) is 13.0. The second-order valence-electron chi connectivity index (χ2n) is 10.4. The van der Waals surface area contributed by atoms with Crippen LogP contribution in [-0.4, -0.2) is 37.6 Å². The van der Waals surface area contributed by atoms with E-state index in [1.165, 1.54) is 26.8 Å². The third-order valence-corrected chi connectivity index (χ3v) is 7.63. The Morgan fingerprint density at radius 3 is 2.38 bits per heavy atom. The number of hydrogen-bond donors (Lipinski definition) is 1. The molecule has 0 spiro atoms. The number of fused-ring (bicyclic) bond motifs is 1. The summed E-state index contributed by atoms with van der Waals surface area (Å²) in [6.45, 7) is 4.68. The number of aryl methyl sites for hydroxylation is 2. The summed E-state index contributed by atoms with van der Waals surface area (Å²) < 4.78 is 18.7. The molecule has 6 rings (SSSR count). The van der Waals surface area contributed by atoms with Gasteiger partial charge < -0.3 is 10.2 Å². The minimum atomic E-state index is -0.577. The van der Waals surface area contributed by atoms with Gasteiger partial charge in [-0.2, -0.15) is 0 Å². The lowest BCUT2D eigenvalue weighted by atomic mass is 10.1. The molecule has 2 aromatic heterocycles. The maximum absolute atomic E-state index is 14.9. The average molecular weight is 530 g/mol. The lowest BCUT2D eigenvalue weighted by Crippen LogP contribution is -2.42. The number of halogens is 1. The van der Waals surface area contributed by atoms with Crippen LogP contribution in [0.4, 0.5) is 15.9 Å². The molecule has 0 bridgehead atoms. The van der Waals surface area contributed by atoms with Gasteiger partial charge in [-0.3, -0.25) is 28.1 Å². The van der Waals surface area contributed by atoms with Gasteiger partial charge in [0.15, 0.2) is 0 Å². The second-order valence-corrected chi connectivity index (χ2v) is 10.4. The Labute approximate surface area is 222 Å². The molecular formula is C29H28FN5O4. The van der Waals surface area contributed by atoms with Crippen LogP contribution in [-0.2, 0) is 7.05 Å². The third-order valence-electron chi connectivity index (χ3n) is 7.63. The van der Waals surface area contributed by atoms with Crippen LogP contribution in [0.5, 0.6) is 0 Å². The molecule has 1 saturated heterocycles. The third kappa shape index (κ3) is 3.98. The van der Waals surface area contributed by atoms with Crippen LogP contribution < -0.4 is 22.1 Å². The van der Waals surface area contributed by atoms with E-state index in [0.717, 1.165) is 12.0 Å². The fourth-order valence-electron chi connectivity index (χ4n) is 5.18. The summed E-state index contributed by atoms with van der Waals surface area (Å²) in [6, 6.07) is 11.0. The summed E-state index contributed by atoms with van der Waals surface area (Å²) >= 11 is 0. The van der Waals surface area contributed by atoms with E-state index in [1.54, 1.807) is 55.1 Å². The fraction of sp³-hybridized carbons (Fsp3) is 0.310. The van der Waals surface area contributed by atoms with E-state index >= 15 is 0 Å². The average Bonchev–Trinajstić information content (AvgIpc) is 3.71. The number of nitrogens with zero attached hydrogens (tertiary/aromatic N) is 4. The zero-order chi connectivity index (χ0) is 27.6. The summed E-state index contributed by atoms with van der Waals surface area (Å²) in [5.41, 5.74) is 0.362. The van der Waals surface area contributed by atoms with Crippen molar-refractivity contribution in [1.29, 1.82) is 0 Å². The van der Waals surface area contributed by atoms with Gasteiger partial charge >= 0.3 is 5.69 Å². The van der Waals surface area contributed by atoms with E-state index in [-0.39, 0.29) is 39.9 Å². The highest BCUT2D eigenvalue weighted by atomic mass is 19.1. The fourth-order valence-corrected chi connectivity index (χ4v) is 5.18. The Hall–Kier alpha value is -4.47. The lowest BCUT2D eigenvalue weighted by molar-refractivity contribution is 0.0652. The molecule has 9 nitrogen and oxygen atoms in total. The van der Waals surface area contributed by atoms with Crippen molar-refractivity contribution >= 4 is 28.3 Å². The maximum atomic E-state index is 14.9. The summed E-state index contributed by atoms with van der Waals surface area (Å²) in [5, 5.41) is 3.06. The lowest BCUT2D eigenvalue weighted by Gasteiger charge is -2.31.